The summed E-state index contributed by atoms with van der Waals surface area (Å²) in [4.78, 5) is 24.2. The van der Waals surface area contributed by atoms with Crippen LogP contribution in [0.1, 0.15) is 62.6 Å². The number of carboxylic acid groups (broad SMARTS) is 1. The van der Waals surface area contributed by atoms with Crippen LogP contribution >= 0.6 is 0 Å². The Morgan fingerprint density at radius 3 is 2.54 bits per heavy atom. The fourth-order valence-corrected chi connectivity index (χ4v) is 3.13. The molecule has 7 heteroatoms. The maximum Gasteiger partial charge on any atom is 0.316 e. The van der Waals surface area contributed by atoms with Crippen LogP contribution in [0, 0.1) is 0 Å². The van der Waals surface area contributed by atoms with Crippen LogP contribution in [-0.4, -0.2) is 39.7 Å². The number of hydrogen-bond donors (Lipinski definition) is 2. The third-order valence-electron chi connectivity index (χ3n) is 4.62. The number of aliphatic carboxylic acids is 1. The maximum atomic E-state index is 11.6. The molecule has 0 aliphatic rings. The number of anilines is 1. The maximum absolute atomic E-state index is 11.6. The molecular formula is C21H30N4O3. The molecule has 1 atom stereocenters. The zero-order chi connectivity index (χ0) is 20.2. The topological polar surface area (TPSA) is 97.2 Å². The van der Waals surface area contributed by atoms with E-state index in [2.05, 4.69) is 33.3 Å². The summed E-state index contributed by atoms with van der Waals surface area (Å²) in [5.74, 6) is -0.466. The molecule has 0 spiro atoms. The Kier molecular flexibility index (Phi) is 9.18. The highest BCUT2D eigenvalue weighted by molar-refractivity contribution is 5.75. The minimum Gasteiger partial charge on any atom is -0.481 e. The van der Waals surface area contributed by atoms with Crippen LogP contribution in [0.25, 0.3) is 0 Å². The average Bonchev–Trinajstić information content (AvgIpc) is 2.70. The van der Waals surface area contributed by atoms with Gasteiger partial charge in [0.25, 0.3) is 0 Å². The number of carbonyl (C=O) groups is 1. The van der Waals surface area contributed by atoms with Crippen LogP contribution in [0.15, 0.2) is 30.6 Å². The summed E-state index contributed by atoms with van der Waals surface area (Å²) < 4.78 is 4.92. The zero-order valence-electron chi connectivity index (χ0n) is 16.7. The normalized spacial score (nSPS) is 11.8. The van der Waals surface area contributed by atoms with Crippen molar-refractivity contribution in [2.75, 3.05) is 19.0 Å². The molecule has 0 saturated carbocycles. The number of unbranched alkanes of at least 4 members (excludes halogenated alkanes) is 4. The van der Waals surface area contributed by atoms with Crippen LogP contribution in [0.5, 0.6) is 6.01 Å². The second-order valence-corrected chi connectivity index (χ2v) is 6.74. The van der Waals surface area contributed by atoms with Gasteiger partial charge in [-0.2, -0.15) is 0 Å². The molecule has 2 heterocycles. The number of methoxy groups -OCH3 is 1. The van der Waals surface area contributed by atoms with Crippen molar-refractivity contribution in [1.29, 1.82) is 0 Å². The number of nitrogens with one attached hydrogen (secondary N) is 1. The van der Waals surface area contributed by atoms with E-state index in [1.54, 1.807) is 12.4 Å². The van der Waals surface area contributed by atoms with E-state index in [0.717, 1.165) is 56.6 Å². The van der Waals surface area contributed by atoms with Gasteiger partial charge < -0.3 is 15.2 Å². The predicted octanol–water partition coefficient (Wildman–Crippen LogP) is 4.06. The number of nitrogens with zero attached hydrogens (tertiary/aromatic N) is 3. The van der Waals surface area contributed by atoms with E-state index in [-0.39, 0.29) is 6.01 Å². The first-order chi connectivity index (χ1) is 13.6. The lowest BCUT2D eigenvalue weighted by molar-refractivity contribution is -0.139. The van der Waals surface area contributed by atoms with Gasteiger partial charge in [-0.15, -0.1) is 0 Å². The number of rotatable bonds is 13. The van der Waals surface area contributed by atoms with E-state index in [1.807, 2.05) is 12.1 Å². The van der Waals surface area contributed by atoms with E-state index in [9.17, 15) is 9.90 Å². The quantitative estimate of drug-likeness (QED) is 0.501. The van der Waals surface area contributed by atoms with E-state index < -0.39 is 11.9 Å². The number of carboxylic acids is 1. The molecule has 2 aromatic rings. The van der Waals surface area contributed by atoms with Crippen LogP contribution in [0.2, 0.25) is 0 Å². The van der Waals surface area contributed by atoms with Gasteiger partial charge in [0.05, 0.1) is 13.0 Å². The molecule has 0 aromatic carbocycles. The van der Waals surface area contributed by atoms with Crippen molar-refractivity contribution in [3.8, 4) is 6.01 Å². The highest BCUT2D eigenvalue weighted by Crippen LogP contribution is 2.23. The van der Waals surface area contributed by atoms with Gasteiger partial charge in [0, 0.05) is 30.2 Å². The Balaban J connectivity index is 1.66. The lowest BCUT2D eigenvalue weighted by atomic mass is 9.95. The largest absolute Gasteiger partial charge is 0.481 e. The molecule has 0 radical (unpaired) electrons. The van der Waals surface area contributed by atoms with Crippen molar-refractivity contribution in [3.05, 3.63) is 41.9 Å². The van der Waals surface area contributed by atoms with Crippen molar-refractivity contribution in [2.45, 2.75) is 57.8 Å². The zero-order valence-corrected chi connectivity index (χ0v) is 16.7. The van der Waals surface area contributed by atoms with Crippen LogP contribution in [0.3, 0.4) is 0 Å². The second-order valence-electron chi connectivity index (χ2n) is 6.74. The molecule has 7 nitrogen and oxygen atoms in total. The molecule has 2 aromatic heterocycles. The van der Waals surface area contributed by atoms with Crippen LogP contribution in [0.4, 0.5) is 5.82 Å². The highest BCUT2D eigenvalue weighted by Gasteiger charge is 2.20. The molecule has 28 heavy (non-hydrogen) atoms. The predicted molar refractivity (Wildman–Crippen MR) is 109 cm³/mol. The van der Waals surface area contributed by atoms with Gasteiger partial charge in [0.2, 0.25) is 0 Å². The highest BCUT2D eigenvalue weighted by atomic mass is 16.5. The number of aromatic nitrogens is 3. The second kappa shape index (κ2) is 11.9. The molecule has 152 valence electrons. The van der Waals surface area contributed by atoms with E-state index in [1.165, 1.54) is 7.11 Å². The van der Waals surface area contributed by atoms with E-state index in [4.69, 9.17) is 4.74 Å². The van der Waals surface area contributed by atoms with Gasteiger partial charge in [0.15, 0.2) is 0 Å². The van der Waals surface area contributed by atoms with Gasteiger partial charge in [-0.05, 0) is 38.3 Å². The molecule has 0 aliphatic heterocycles. The molecule has 2 rings (SSSR count). The summed E-state index contributed by atoms with van der Waals surface area (Å²) in [6.45, 7) is 2.93. The van der Waals surface area contributed by atoms with Crippen LogP contribution < -0.4 is 10.1 Å². The summed E-state index contributed by atoms with van der Waals surface area (Å²) in [7, 11) is 1.48. The third-order valence-corrected chi connectivity index (χ3v) is 4.62. The van der Waals surface area contributed by atoms with Crippen molar-refractivity contribution < 1.29 is 14.6 Å². The van der Waals surface area contributed by atoms with Gasteiger partial charge in [-0.25, -0.2) is 15.0 Å². The van der Waals surface area contributed by atoms with Crippen molar-refractivity contribution in [2.24, 2.45) is 0 Å². The molecule has 0 bridgehead atoms. The Morgan fingerprint density at radius 2 is 1.86 bits per heavy atom. The van der Waals surface area contributed by atoms with Gasteiger partial charge in [-0.3, -0.25) is 4.79 Å². The van der Waals surface area contributed by atoms with Gasteiger partial charge in [-0.1, -0.05) is 31.7 Å². The number of hydrogen-bond acceptors (Lipinski definition) is 6. The standard InChI is InChI=1S/C21H30N4O3/c1-3-22-19-13-9-11-17(25-19)10-7-5-4-6-8-12-18(20(26)27)16-14-23-21(28-2)24-15-16/h9,11,13-15,18H,3-8,10,12H2,1-2H3,(H,22,25)(H,26,27)/t18-/m0/s1. The fourth-order valence-electron chi connectivity index (χ4n) is 3.13. The van der Waals surface area contributed by atoms with E-state index >= 15 is 0 Å². The summed E-state index contributed by atoms with van der Waals surface area (Å²) in [6, 6.07) is 6.34. The Labute approximate surface area is 166 Å². The molecule has 0 amide bonds. The number of pyridine rings is 1. The summed E-state index contributed by atoms with van der Waals surface area (Å²) in [5.41, 5.74) is 1.74. The molecule has 0 saturated heterocycles. The molecule has 2 N–H and O–H groups in total. The van der Waals surface area contributed by atoms with Crippen molar-refractivity contribution in [3.63, 3.8) is 0 Å². The minimum atomic E-state index is -0.833. The van der Waals surface area contributed by atoms with Crippen molar-refractivity contribution >= 4 is 11.8 Å². The third kappa shape index (κ3) is 7.13. The first kappa shape index (κ1) is 21.6. The lowest BCUT2D eigenvalue weighted by Gasteiger charge is -2.12. The Bertz CT molecular complexity index is 722. The van der Waals surface area contributed by atoms with E-state index in [0.29, 0.717) is 12.0 Å². The number of aryl methyl sites for hydroxylation is 1. The molecule has 0 unspecified atom stereocenters. The molecule has 0 fully saturated rings. The number of ether oxygens (including phenoxy) is 1. The monoisotopic (exact) mass is 386 g/mol. The summed E-state index contributed by atoms with van der Waals surface area (Å²) in [5, 5.41) is 12.7. The molecular weight excluding hydrogens is 356 g/mol. The minimum absolute atomic E-state index is 0.249. The summed E-state index contributed by atoms with van der Waals surface area (Å²) >= 11 is 0. The first-order valence-electron chi connectivity index (χ1n) is 9.92. The Hall–Kier alpha value is -2.70. The fraction of sp³-hybridized carbons (Fsp3) is 0.524. The lowest BCUT2D eigenvalue weighted by Crippen LogP contribution is -2.12. The summed E-state index contributed by atoms with van der Waals surface area (Å²) in [6.07, 6.45) is 9.85. The first-order valence-corrected chi connectivity index (χ1v) is 9.92. The molecule has 0 aliphatic carbocycles. The van der Waals surface area contributed by atoms with Crippen molar-refractivity contribution in [1.82, 2.24) is 15.0 Å². The smallest absolute Gasteiger partial charge is 0.316 e. The van der Waals surface area contributed by atoms with Crippen LogP contribution in [-0.2, 0) is 11.2 Å². The van der Waals surface area contributed by atoms with Gasteiger partial charge in [0.1, 0.15) is 5.82 Å². The average molecular weight is 386 g/mol. The Morgan fingerprint density at radius 1 is 1.14 bits per heavy atom. The van der Waals surface area contributed by atoms with Gasteiger partial charge >= 0.3 is 12.0 Å². The SMILES string of the molecule is CCNc1cccc(CCCCCCC[C@H](C(=O)O)c2cnc(OC)nc2)n1.